The summed E-state index contributed by atoms with van der Waals surface area (Å²) in [6.07, 6.45) is 0. The van der Waals surface area contributed by atoms with E-state index in [1.165, 1.54) is 21.9 Å². The van der Waals surface area contributed by atoms with E-state index in [0.717, 1.165) is 0 Å². The van der Waals surface area contributed by atoms with Crippen molar-refractivity contribution in [2.45, 2.75) is 24.1 Å². The van der Waals surface area contributed by atoms with Gasteiger partial charge in [0.25, 0.3) is 0 Å². The van der Waals surface area contributed by atoms with Crippen molar-refractivity contribution in [2.75, 3.05) is 0 Å². The Labute approximate surface area is 98.4 Å². The van der Waals surface area contributed by atoms with Crippen LogP contribution < -0.4 is 0 Å². The first-order valence-corrected chi connectivity index (χ1v) is 6.20. The lowest BCUT2D eigenvalue weighted by Gasteiger charge is -2.24. The largest absolute Gasteiger partial charge is 0.0829 e. The lowest BCUT2D eigenvalue weighted by Crippen LogP contribution is -2.17. The normalized spacial score (nSPS) is 22.2. The molecule has 76 valence electrons. The van der Waals surface area contributed by atoms with E-state index in [4.69, 9.17) is 0 Å². The van der Waals surface area contributed by atoms with Gasteiger partial charge in [0.15, 0.2) is 0 Å². The predicted octanol–water partition coefficient (Wildman–Crippen LogP) is 4.57. The van der Waals surface area contributed by atoms with Gasteiger partial charge in [-0.2, -0.15) is 0 Å². The van der Waals surface area contributed by atoms with Crippen molar-refractivity contribution in [3.05, 3.63) is 47.5 Å². The summed E-state index contributed by atoms with van der Waals surface area (Å²) in [4.78, 5) is 0.436. The van der Waals surface area contributed by atoms with Gasteiger partial charge in [0.2, 0.25) is 0 Å². The Hall–Kier alpha value is -0.820. The van der Waals surface area contributed by atoms with Gasteiger partial charge in [-0.3, -0.25) is 0 Å². The molecule has 0 nitrogen and oxygen atoms in total. The van der Waals surface area contributed by atoms with E-state index in [1.807, 2.05) is 0 Å². The topological polar surface area (TPSA) is 0 Å². The summed E-state index contributed by atoms with van der Waals surface area (Å²) in [7, 11) is 0. The molecule has 0 heterocycles. The maximum atomic E-state index is 3.83. The number of rotatable bonds is 0. The highest BCUT2D eigenvalue weighted by molar-refractivity contribution is 9.09. The molecule has 2 aromatic rings. The Balaban J connectivity index is 2.51. The molecule has 15 heavy (non-hydrogen) atoms. The number of hydrogen-bond acceptors (Lipinski definition) is 0. The summed E-state index contributed by atoms with van der Waals surface area (Å²) in [5.74, 6) is 0. The summed E-state index contributed by atoms with van der Waals surface area (Å²) in [6, 6.07) is 13.2. The highest BCUT2D eigenvalue weighted by Crippen LogP contribution is 2.53. The maximum absolute atomic E-state index is 3.83. The van der Waals surface area contributed by atoms with Crippen LogP contribution in [0, 0.1) is 0 Å². The highest BCUT2D eigenvalue weighted by Gasteiger charge is 2.38. The van der Waals surface area contributed by atoms with Gasteiger partial charge in [-0.15, -0.1) is 0 Å². The van der Waals surface area contributed by atoms with Crippen LogP contribution in [0.25, 0.3) is 10.8 Å². The van der Waals surface area contributed by atoms with Crippen LogP contribution in [0.15, 0.2) is 36.4 Å². The molecule has 0 aliphatic heterocycles. The summed E-state index contributed by atoms with van der Waals surface area (Å²) >= 11 is 3.83. The average Bonchev–Trinajstić information content (AvgIpc) is 2.43. The second-order valence-electron chi connectivity index (χ2n) is 4.84. The summed E-state index contributed by atoms with van der Waals surface area (Å²) in [5, 5.41) is 2.81. The smallest absolute Gasteiger partial charge is 0.0493 e. The van der Waals surface area contributed by atoms with E-state index >= 15 is 0 Å². The molecule has 1 heteroatoms. The molecule has 0 radical (unpaired) electrons. The zero-order valence-electron chi connectivity index (χ0n) is 8.92. The van der Waals surface area contributed by atoms with Crippen LogP contribution in [-0.2, 0) is 5.41 Å². The average molecular weight is 261 g/mol. The number of hydrogen-bond donors (Lipinski definition) is 0. The molecule has 1 aliphatic rings. The SMILES string of the molecule is CC1(C)c2cccc3cccc(c23)[C@H]1Br. The van der Waals surface area contributed by atoms with Crippen molar-refractivity contribution in [1.29, 1.82) is 0 Å². The van der Waals surface area contributed by atoms with E-state index in [0.29, 0.717) is 4.83 Å². The number of halogens is 1. The minimum atomic E-state index is 0.198. The molecule has 0 saturated carbocycles. The molecular formula is C14H13Br. The van der Waals surface area contributed by atoms with Crippen LogP contribution in [0.2, 0.25) is 0 Å². The quantitative estimate of drug-likeness (QED) is 0.609. The first-order valence-electron chi connectivity index (χ1n) is 5.28. The third-order valence-electron chi connectivity index (χ3n) is 3.54. The predicted molar refractivity (Wildman–Crippen MR) is 68.6 cm³/mol. The van der Waals surface area contributed by atoms with Crippen LogP contribution >= 0.6 is 15.9 Å². The van der Waals surface area contributed by atoms with Crippen LogP contribution in [0.1, 0.15) is 29.8 Å². The van der Waals surface area contributed by atoms with Gasteiger partial charge in [0, 0.05) is 10.2 Å². The number of alkyl halides is 1. The molecular weight excluding hydrogens is 248 g/mol. The Morgan fingerprint density at radius 3 is 2.47 bits per heavy atom. The third-order valence-corrected chi connectivity index (χ3v) is 5.18. The van der Waals surface area contributed by atoms with Crippen LogP contribution in [-0.4, -0.2) is 0 Å². The first-order chi connectivity index (χ1) is 7.12. The molecule has 0 fully saturated rings. The van der Waals surface area contributed by atoms with Gasteiger partial charge in [-0.05, 0) is 21.9 Å². The van der Waals surface area contributed by atoms with Gasteiger partial charge < -0.3 is 0 Å². The monoisotopic (exact) mass is 260 g/mol. The second-order valence-corrected chi connectivity index (χ2v) is 5.75. The van der Waals surface area contributed by atoms with E-state index in [1.54, 1.807) is 0 Å². The minimum Gasteiger partial charge on any atom is -0.0829 e. The lowest BCUT2D eigenvalue weighted by atomic mass is 9.85. The van der Waals surface area contributed by atoms with Crippen LogP contribution in [0.3, 0.4) is 0 Å². The van der Waals surface area contributed by atoms with Crippen molar-refractivity contribution in [3.8, 4) is 0 Å². The standard InChI is InChI=1S/C14H13Br/c1-14(2)11-8-4-6-9-5-3-7-10(12(9)11)13(14)15/h3-8,13H,1-2H3/t13-/m1/s1. The van der Waals surface area contributed by atoms with Crippen molar-refractivity contribution in [1.82, 2.24) is 0 Å². The molecule has 2 aromatic carbocycles. The minimum absolute atomic E-state index is 0.198. The van der Waals surface area contributed by atoms with Gasteiger partial charge >= 0.3 is 0 Å². The van der Waals surface area contributed by atoms with E-state index in [2.05, 4.69) is 66.2 Å². The summed E-state index contributed by atoms with van der Waals surface area (Å²) in [5.41, 5.74) is 3.11. The van der Waals surface area contributed by atoms with Gasteiger partial charge in [0.05, 0.1) is 0 Å². The fourth-order valence-electron chi connectivity index (χ4n) is 2.64. The summed E-state index contributed by atoms with van der Waals surface area (Å²) < 4.78 is 0. The Bertz CT molecular complexity index is 535. The molecule has 0 saturated heterocycles. The summed E-state index contributed by atoms with van der Waals surface area (Å²) in [6.45, 7) is 4.61. The maximum Gasteiger partial charge on any atom is 0.0493 e. The van der Waals surface area contributed by atoms with E-state index < -0.39 is 0 Å². The molecule has 0 unspecified atom stereocenters. The molecule has 0 N–H and O–H groups in total. The van der Waals surface area contributed by atoms with Crippen molar-refractivity contribution < 1.29 is 0 Å². The van der Waals surface area contributed by atoms with Gasteiger partial charge in [0.1, 0.15) is 0 Å². The van der Waals surface area contributed by atoms with Gasteiger partial charge in [-0.25, -0.2) is 0 Å². The highest BCUT2D eigenvalue weighted by atomic mass is 79.9. The molecule has 3 rings (SSSR count). The Kier molecular flexibility index (Phi) is 1.79. The Morgan fingerprint density at radius 2 is 1.73 bits per heavy atom. The molecule has 0 aromatic heterocycles. The first kappa shape index (κ1) is 9.41. The van der Waals surface area contributed by atoms with Crippen molar-refractivity contribution in [2.24, 2.45) is 0 Å². The fourth-order valence-corrected chi connectivity index (χ4v) is 3.27. The van der Waals surface area contributed by atoms with E-state index in [-0.39, 0.29) is 5.41 Å². The lowest BCUT2D eigenvalue weighted by molar-refractivity contribution is 0.541. The van der Waals surface area contributed by atoms with Crippen molar-refractivity contribution in [3.63, 3.8) is 0 Å². The van der Waals surface area contributed by atoms with Crippen LogP contribution in [0.4, 0.5) is 0 Å². The second kappa shape index (κ2) is 2.85. The molecule has 0 spiro atoms. The number of benzene rings is 2. The third kappa shape index (κ3) is 1.07. The van der Waals surface area contributed by atoms with Crippen LogP contribution in [0.5, 0.6) is 0 Å². The van der Waals surface area contributed by atoms with Crippen molar-refractivity contribution >= 4 is 26.7 Å². The van der Waals surface area contributed by atoms with Gasteiger partial charge in [-0.1, -0.05) is 66.2 Å². The molecule has 1 atom stereocenters. The Morgan fingerprint density at radius 1 is 1.07 bits per heavy atom. The molecule has 0 bridgehead atoms. The zero-order valence-corrected chi connectivity index (χ0v) is 10.5. The molecule has 1 aliphatic carbocycles. The zero-order chi connectivity index (χ0) is 10.6. The van der Waals surface area contributed by atoms with E-state index in [9.17, 15) is 0 Å². The molecule has 0 amide bonds. The fraction of sp³-hybridized carbons (Fsp3) is 0.286.